The van der Waals surface area contributed by atoms with E-state index < -0.39 is 7.92 Å². The predicted molar refractivity (Wildman–Crippen MR) is 163 cm³/mol. The largest absolute Gasteiger partial charge is 0.258 e. The van der Waals surface area contributed by atoms with Crippen LogP contribution in [0.15, 0.2) is 121 Å². The summed E-state index contributed by atoms with van der Waals surface area (Å²) in [7, 11) is -0.698. The Hall–Kier alpha value is -4.06. The fraction of sp³-hybridized carbons (Fsp3) is 0.0571. The molecular formula is C35H30NP. The minimum atomic E-state index is -0.698. The summed E-state index contributed by atoms with van der Waals surface area (Å²) in [6.45, 7) is 4.16. The van der Waals surface area contributed by atoms with Crippen molar-refractivity contribution in [2.75, 3.05) is 0 Å². The van der Waals surface area contributed by atoms with Crippen LogP contribution in [-0.4, -0.2) is 4.98 Å². The van der Waals surface area contributed by atoms with E-state index >= 15 is 0 Å². The molecule has 5 rings (SSSR count). The summed E-state index contributed by atoms with van der Waals surface area (Å²) in [6, 6.07) is 43.4. The molecule has 5 aromatic rings. The lowest BCUT2D eigenvalue weighted by molar-refractivity contribution is 1.13. The number of nitrogens with zero attached hydrogens (tertiary/aromatic N) is 1. The first-order valence-electron chi connectivity index (χ1n) is 12.6. The Morgan fingerprint density at radius 1 is 0.432 bits per heavy atom. The normalized spacial score (nSPS) is 12.3. The van der Waals surface area contributed by atoms with Crippen molar-refractivity contribution in [3.8, 4) is 0 Å². The number of hydrogen-bond acceptors (Lipinski definition) is 1. The van der Waals surface area contributed by atoms with Gasteiger partial charge in [0.05, 0.1) is 0 Å². The van der Waals surface area contributed by atoms with Crippen LogP contribution in [0.25, 0.3) is 24.3 Å². The van der Waals surface area contributed by atoms with E-state index in [2.05, 4.69) is 152 Å². The highest BCUT2D eigenvalue weighted by Crippen LogP contribution is 2.33. The Morgan fingerprint density at radius 2 is 0.784 bits per heavy atom. The van der Waals surface area contributed by atoms with Crippen molar-refractivity contribution in [2.24, 2.45) is 0 Å². The van der Waals surface area contributed by atoms with Crippen LogP contribution in [0.4, 0.5) is 0 Å². The lowest BCUT2D eigenvalue weighted by Gasteiger charge is -2.20. The molecule has 0 aliphatic heterocycles. The highest BCUT2D eigenvalue weighted by atomic mass is 31.1. The first-order valence-corrected chi connectivity index (χ1v) is 13.9. The molecule has 2 heteroatoms. The molecule has 1 heterocycles. The van der Waals surface area contributed by atoms with E-state index in [0.717, 1.165) is 11.4 Å². The van der Waals surface area contributed by atoms with E-state index in [1.165, 1.54) is 38.2 Å². The zero-order valence-electron chi connectivity index (χ0n) is 21.3. The molecular weight excluding hydrogens is 465 g/mol. The molecule has 0 spiro atoms. The molecule has 0 fully saturated rings. The van der Waals surface area contributed by atoms with Crippen molar-refractivity contribution in [1.82, 2.24) is 4.98 Å². The lowest BCUT2D eigenvalue weighted by atomic mass is 10.1. The topological polar surface area (TPSA) is 12.9 Å². The summed E-state index contributed by atoms with van der Waals surface area (Å²) in [6.07, 6.45) is 8.68. The molecule has 0 saturated heterocycles. The standard InChI is InChI=1S/C35H30NP/c1-27-25-35(26-28(2)36-27)37(33-21-17-31(18-22-33)15-13-29-9-5-3-6-10-29)34-23-19-32(20-24-34)16-14-30-11-7-4-8-12-30/h3-26H,1-2H3. The van der Waals surface area contributed by atoms with Crippen LogP contribution in [0.3, 0.4) is 0 Å². The zero-order valence-corrected chi connectivity index (χ0v) is 22.1. The second kappa shape index (κ2) is 11.8. The van der Waals surface area contributed by atoms with Gasteiger partial charge in [-0.2, -0.15) is 0 Å². The number of pyridine rings is 1. The molecule has 0 aliphatic rings. The van der Waals surface area contributed by atoms with Gasteiger partial charge in [-0.05, 0) is 72.1 Å². The quantitative estimate of drug-likeness (QED) is 0.166. The van der Waals surface area contributed by atoms with Crippen molar-refractivity contribution in [1.29, 1.82) is 0 Å². The van der Waals surface area contributed by atoms with Gasteiger partial charge < -0.3 is 0 Å². The van der Waals surface area contributed by atoms with Crippen molar-refractivity contribution in [2.45, 2.75) is 13.8 Å². The molecule has 1 nitrogen and oxygen atoms in total. The van der Waals surface area contributed by atoms with Gasteiger partial charge in [-0.25, -0.2) is 0 Å². The van der Waals surface area contributed by atoms with Gasteiger partial charge in [-0.15, -0.1) is 0 Å². The fourth-order valence-corrected chi connectivity index (χ4v) is 6.79. The summed E-state index contributed by atoms with van der Waals surface area (Å²) in [5.41, 5.74) is 6.94. The van der Waals surface area contributed by atoms with Gasteiger partial charge >= 0.3 is 0 Å². The number of aryl methyl sites for hydroxylation is 2. The molecule has 0 saturated carbocycles. The van der Waals surface area contributed by atoms with E-state index in [-0.39, 0.29) is 0 Å². The first-order chi connectivity index (χ1) is 18.1. The molecule has 1 aromatic heterocycles. The number of hydrogen-bond donors (Lipinski definition) is 0. The van der Waals surface area contributed by atoms with Crippen molar-refractivity contribution >= 4 is 48.1 Å². The first kappa shape index (κ1) is 24.6. The van der Waals surface area contributed by atoms with Crippen LogP contribution in [0, 0.1) is 13.8 Å². The average molecular weight is 496 g/mol. The van der Waals surface area contributed by atoms with Crippen LogP contribution in [-0.2, 0) is 0 Å². The molecule has 0 bridgehead atoms. The molecule has 0 atom stereocenters. The second-order valence-corrected chi connectivity index (χ2v) is 11.3. The maximum Gasteiger partial charge on any atom is 0.0382 e. The van der Waals surface area contributed by atoms with Gasteiger partial charge in [0.15, 0.2) is 0 Å². The van der Waals surface area contributed by atoms with Crippen LogP contribution >= 0.6 is 7.92 Å². The summed E-state index contributed by atoms with van der Waals surface area (Å²) in [5, 5.41) is 4.01. The van der Waals surface area contributed by atoms with Crippen LogP contribution in [0.5, 0.6) is 0 Å². The van der Waals surface area contributed by atoms with E-state index in [4.69, 9.17) is 0 Å². The summed E-state index contributed by atoms with van der Waals surface area (Å²) < 4.78 is 0. The maximum absolute atomic E-state index is 4.63. The Morgan fingerprint density at radius 3 is 1.16 bits per heavy atom. The Balaban J connectivity index is 1.45. The Bertz CT molecular complexity index is 1390. The highest BCUT2D eigenvalue weighted by molar-refractivity contribution is 7.79. The lowest BCUT2D eigenvalue weighted by Crippen LogP contribution is -2.21. The van der Waals surface area contributed by atoms with Crippen LogP contribution < -0.4 is 15.9 Å². The van der Waals surface area contributed by atoms with E-state index in [9.17, 15) is 0 Å². The smallest absolute Gasteiger partial charge is 0.0382 e. The van der Waals surface area contributed by atoms with Crippen molar-refractivity contribution in [3.05, 3.63) is 155 Å². The summed E-state index contributed by atoms with van der Waals surface area (Å²) >= 11 is 0. The molecule has 0 aliphatic carbocycles. The molecule has 4 aromatic carbocycles. The molecule has 0 radical (unpaired) electrons. The third-order valence-corrected chi connectivity index (χ3v) is 8.57. The van der Waals surface area contributed by atoms with Gasteiger partial charge in [-0.3, -0.25) is 4.98 Å². The van der Waals surface area contributed by atoms with Gasteiger partial charge in [0.25, 0.3) is 0 Å². The maximum atomic E-state index is 4.63. The second-order valence-electron chi connectivity index (χ2n) is 9.11. The van der Waals surface area contributed by atoms with Crippen molar-refractivity contribution < 1.29 is 0 Å². The van der Waals surface area contributed by atoms with E-state index in [1.54, 1.807) is 0 Å². The van der Waals surface area contributed by atoms with Crippen LogP contribution in [0.1, 0.15) is 33.6 Å². The average Bonchev–Trinajstić information content (AvgIpc) is 2.93. The van der Waals surface area contributed by atoms with Gasteiger partial charge in [0.1, 0.15) is 0 Å². The minimum absolute atomic E-state index is 0.698. The third-order valence-electron chi connectivity index (χ3n) is 6.16. The predicted octanol–water partition coefficient (Wildman–Crippen LogP) is 7.80. The van der Waals surface area contributed by atoms with Crippen LogP contribution in [0.2, 0.25) is 0 Å². The number of benzene rings is 4. The Labute approximate surface area is 221 Å². The molecule has 0 N–H and O–H groups in total. The Kier molecular flexibility index (Phi) is 7.84. The van der Waals surface area contributed by atoms with E-state index in [0.29, 0.717) is 0 Å². The third kappa shape index (κ3) is 6.58. The number of rotatable bonds is 7. The monoisotopic (exact) mass is 495 g/mol. The minimum Gasteiger partial charge on any atom is -0.258 e. The molecule has 0 unspecified atom stereocenters. The summed E-state index contributed by atoms with van der Waals surface area (Å²) in [5.74, 6) is 0. The molecule has 180 valence electrons. The highest BCUT2D eigenvalue weighted by Gasteiger charge is 2.17. The zero-order chi connectivity index (χ0) is 25.5. The van der Waals surface area contributed by atoms with Gasteiger partial charge in [0.2, 0.25) is 0 Å². The molecule has 37 heavy (non-hydrogen) atoms. The van der Waals surface area contributed by atoms with Gasteiger partial charge in [0, 0.05) is 11.4 Å². The van der Waals surface area contributed by atoms with Gasteiger partial charge in [-0.1, -0.05) is 133 Å². The number of aromatic nitrogens is 1. The van der Waals surface area contributed by atoms with E-state index in [1.807, 2.05) is 12.1 Å². The molecule has 0 amide bonds. The fourth-order valence-electron chi connectivity index (χ4n) is 4.37. The SMILES string of the molecule is Cc1cc(P(c2ccc(C=Cc3ccccc3)cc2)c2ccc(C=Cc3ccccc3)cc2)cc(C)n1. The van der Waals surface area contributed by atoms with Crippen molar-refractivity contribution in [3.63, 3.8) is 0 Å². The summed E-state index contributed by atoms with van der Waals surface area (Å²) in [4.78, 5) is 4.63.